The maximum absolute atomic E-state index is 12.4. The first-order valence-corrected chi connectivity index (χ1v) is 11.1. The Balaban J connectivity index is 1.29. The number of carboxylic acids is 1. The molecule has 1 atom stereocenters. The quantitative estimate of drug-likeness (QED) is 0.431. The van der Waals surface area contributed by atoms with Crippen molar-refractivity contribution >= 4 is 23.7 Å². The van der Waals surface area contributed by atoms with Crippen LogP contribution >= 0.6 is 0 Å². The number of anilines is 1. The maximum Gasteiger partial charge on any atom is 0.411 e. The van der Waals surface area contributed by atoms with E-state index in [1.165, 1.54) is 19.4 Å². The number of ether oxygens (including phenoxy) is 2. The summed E-state index contributed by atoms with van der Waals surface area (Å²) < 4.78 is 10.3. The summed E-state index contributed by atoms with van der Waals surface area (Å²) in [7, 11) is 1.30. The fourth-order valence-corrected chi connectivity index (χ4v) is 4.10. The molecule has 4 rings (SSSR count). The number of fused-ring (bicyclic) bond motifs is 3. The Bertz CT molecular complexity index is 1180. The van der Waals surface area contributed by atoms with Crippen molar-refractivity contribution < 1.29 is 29.0 Å². The Morgan fingerprint density at radius 1 is 1.00 bits per heavy atom. The third-order valence-electron chi connectivity index (χ3n) is 5.84. The Hall–Kier alpha value is -4.24. The number of amides is 2. The van der Waals surface area contributed by atoms with Crippen LogP contribution in [0.5, 0.6) is 0 Å². The summed E-state index contributed by atoms with van der Waals surface area (Å²) in [5.41, 5.74) is 5.06. The molecule has 1 heterocycles. The minimum absolute atomic E-state index is 0.0452. The maximum atomic E-state index is 12.4. The zero-order valence-corrected chi connectivity index (χ0v) is 19.1. The van der Waals surface area contributed by atoms with Gasteiger partial charge in [-0.1, -0.05) is 48.5 Å². The van der Waals surface area contributed by atoms with Crippen LogP contribution in [0, 0.1) is 0 Å². The summed E-state index contributed by atoms with van der Waals surface area (Å²) in [5, 5.41) is 14.2. The van der Waals surface area contributed by atoms with Crippen molar-refractivity contribution in [3.63, 3.8) is 0 Å². The van der Waals surface area contributed by atoms with E-state index in [9.17, 15) is 14.4 Å². The number of carboxylic acid groups (broad SMARTS) is 1. The minimum atomic E-state index is -1.09. The number of nitrogens with one attached hydrogen (secondary N) is 2. The zero-order chi connectivity index (χ0) is 24.8. The van der Waals surface area contributed by atoms with Crippen LogP contribution in [0.4, 0.5) is 10.5 Å². The van der Waals surface area contributed by atoms with Gasteiger partial charge < -0.3 is 19.9 Å². The molecule has 0 spiro atoms. The van der Waals surface area contributed by atoms with Crippen LogP contribution in [0.2, 0.25) is 0 Å². The molecule has 0 bridgehead atoms. The van der Waals surface area contributed by atoms with Crippen molar-refractivity contribution in [2.75, 3.05) is 25.6 Å². The van der Waals surface area contributed by atoms with E-state index in [-0.39, 0.29) is 31.2 Å². The summed E-state index contributed by atoms with van der Waals surface area (Å²) >= 11 is 0. The van der Waals surface area contributed by atoms with Gasteiger partial charge in [0.25, 0.3) is 5.91 Å². The monoisotopic (exact) mass is 475 g/mol. The zero-order valence-electron chi connectivity index (χ0n) is 19.1. The molecule has 1 aromatic heterocycles. The van der Waals surface area contributed by atoms with E-state index in [1.54, 1.807) is 6.07 Å². The Labute approximate surface area is 202 Å². The fourth-order valence-electron chi connectivity index (χ4n) is 4.10. The van der Waals surface area contributed by atoms with Gasteiger partial charge in [0.2, 0.25) is 0 Å². The number of carbonyl (C=O) groups is 3. The lowest BCUT2D eigenvalue weighted by atomic mass is 9.98. The number of nitrogens with zero attached hydrogens (tertiary/aromatic N) is 1. The summed E-state index contributed by atoms with van der Waals surface area (Å²) in [6.45, 7) is 0.303. The predicted octanol–water partition coefficient (Wildman–Crippen LogP) is 3.66. The number of carbonyl (C=O) groups excluding carboxylic acids is 2. The SMILES string of the molecule is COC(CCNC(=O)c1ccc(NC(=O)OCC2c3ccccc3-c3ccccc32)cn1)C(=O)O. The lowest BCUT2D eigenvalue weighted by Crippen LogP contribution is -2.31. The van der Waals surface area contributed by atoms with E-state index in [0.29, 0.717) is 5.69 Å². The topological polar surface area (TPSA) is 127 Å². The fraction of sp³-hybridized carbons (Fsp3) is 0.231. The first kappa shape index (κ1) is 23.9. The molecule has 35 heavy (non-hydrogen) atoms. The number of methoxy groups -OCH3 is 1. The van der Waals surface area contributed by atoms with Crippen LogP contribution in [-0.4, -0.2) is 54.4 Å². The normalized spacial score (nSPS) is 12.8. The predicted molar refractivity (Wildman–Crippen MR) is 128 cm³/mol. The molecule has 2 aromatic carbocycles. The van der Waals surface area contributed by atoms with Crippen LogP contribution in [0.15, 0.2) is 66.9 Å². The van der Waals surface area contributed by atoms with E-state index < -0.39 is 24.1 Å². The lowest BCUT2D eigenvalue weighted by molar-refractivity contribution is -0.148. The van der Waals surface area contributed by atoms with Crippen LogP contribution in [0.3, 0.4) is 0 Å². The Morgan fingerprint density at radius 2 is 1.66 bits per heavy atom. The van der Waals surface area contributed by atoms with Crippen molar-refractivity contribution in [1.29, 1.82) is 0 Å². The average Bonchev–Trinajstić information content (AvgIpc) is 3.19. The van der Waals surface area contributed by atoms with Crippen molar-refractivity contribution in [2.45, 2.75) is 18.4 Å². The van der Waals surface area contributed by atoms with Crippen LogP contribution in [0.1, 0.15) is 34.0 Å². The molecule has 2 amide bonds. The Kier molecular flexibility index (Phi) is 7.37. The molecule has 0 aliphatic heterocycles. The standard InChI is InChI=1S/C26H25N3O6/c1-34-23(25(31)32)12-13-27-24(30)22-11-10-16(14-28-22)29-26(33)35-15-21-19-8-4-2-6-17(19)18-7-3-5-9-20(18)21/h2-11,14,21,23H,12-13,15H2,1H3,(H,27,30)(H,29,33)(H,31,32). The lowest BCUT2D eigenvalue weighted by Gasteiger charge is -2.14. The first-order chi connectivity index (χ1) is 17.0. The van der Waals surface area contributed by atoms with Gasteiger partial charge in [-0.15, -0.1) is 0 Å². The number of aliphatic carboxylic acids is 1. The Morgan fingerprint density at radius 3 is 2.23 bits per heavy atom. The molecular formula is C26H25N3O6. The van der Waals surface area contributed by atoms with Crippen LogP contribution < -0.4 is 10.6 Å². The number of benzene rings is 2. The van der Waals surface area contributed by atoms with E-state index in [1.807, 2.05) is 36.4 Å². The third-order valence-corrected chi connectivity index (χ3v) is 5.84. The number of rotatable bonds is 9. The van der Waals surface area contributed by atoms with Crippen molar-refractivity contribution in [1.82, 2.24) is 10.3 Å². The molecule has 1 aliphatic rings. The van der Waals surface area contributed by atoms with Gasteiger partial charge in [-0.2, -0.15) is 0 Å². The molecule has 0 radical (unpaired) electrons. The molecule has 9 heteroatoms. The number of hydrogen-bond acceptors (Lipinski definition) is 6. The molecule has 1 unspecified atom stereocenters. The van der Waals surface area contributed by atoms with E-state index in [0.717, 1.165) is 22.3 Å². The van der Waals surface area contributed by atoms with Gasteiger partial charge >= 0.3 is 12.1 Å². The summed E-state index contributed by atoms with van der Waals surface area (Å²) in [6.07, 6.45) is -0.137. The summed E-state index contributed by atoms with van der Waals surface area (Å²) in [6, 6.07) is 19.2. The number of aromatic nitrogens is 1. The van der Waals surface area contributed by atoms with Crippen LogP contribution in [-0.2, 0) is 14.3 Å². The summed E-state index contributed by atoms with van der Waals surface area (Å²) in [4.78, 5) is 39.6. The number of hydrogen-bond donors (Lipinski definition) is 3. The second-order valence-electron chi connectivity index (χ2n) is 7.99. The van der Waals surface area contributed by atoms with Gasteiger partial charge in [0.15, 0.2) is 6.10 Å². The van der Waals surface area contributed by atoms with Crippen molar-refractivity contribution in [3.05, 3.63) is 83.7 Å². The third kappa shape index (κ3) is 5.47. The molecule has 0 saturated carbocycles. The largest absolute Gasteiger partial charge is 0.479 e. The van der Waals surface area contributed by atoms with Gasteiger partial charge in [0.1, 0.15) is 12.3 Å². The highest BCUT2D eigenvalue weighted by atomic mass is 16.5. The highest BCUT2D eigenvalue weighted by Gasteiger charge is 2.29. The smallest absolute Gasteiger partial charge is 0.411 e. The summed E-state index contributed by atoms with van der Waals surface area (Å²) in [5.74, 6) is -1.60. The van der Waals surface area contributed by atoms with Gasteiger partial charge in [-0.25, -0.2) is 14.6 Å². The minimum Gasteiger partial charge on any atom is -0.479 e. The van der Waals surface area contributed by atoms with E-state index >= 15 is 0 Å². The average molecular weight is 476 g/mol. The molecule has 3 aromatic rings. The molecule has 0 fully saturated rings. The number of pyridine rings is 1. The van der Waals surface area contributed by atoms with Crippen molar-refractivity contribution in [2.24, 2.45) is 0 Å². The van der Waals surface area contributed by atoms with Gasteiger partial charge in [0.05, 0.1) is 11.9 Å². The molecule has 1 aliphatic carbocycles. The van der Waals surface area contributed by atoms with Gasteiger partial charge in [0, 0.05) is 26.0 Å². The second-order valence-corrected chi connectivity index (χ2v) is 7.99. The van der Waals surface area contributed by atoms with Gasteiger partial charge in [-0.3, -0.25) is 10.1 Å². The molecular weight excluding hydrogens is 450 g/mol. The second kappa shape index (κ2) is 10.8. The molecule has 180 valence electrons. The highest BCUT2D eigenvalue weighted by Crippen LogP contribution is 2.44. The van der Waals surface area contributed by atoms with Crippen LogP contribution in [0.25, 0.3) is 11.1 Å². The highest BCUT2D eigenvalue weighted by molar-refractivity contribution is 5.93. The van der Waals surface area contributed by atoms with E-state index in [4.69, 9.17) is 14.6 Å². The van der Waals surface area contributed by atoms with Crippen molar-refractivity contribution in [3.8, 4) is 11.1 Å². The van der Waals surface area contributed by atoms with Gasteiger partial charge in [-0.05, 0) is 34.4 Å². The van der Waals surface area contributed by atoms with E-state index in [2.05, 4.69) is 27.8 Å². The molecule has 9 nitrogen and oxygen atoms in total. The first-order valence-electron chi connectivity index (χ1n) is 11.1. The molecule has 3 N–H and O–H groups in total. The molecule has 0 saturated heterocycles.